The Morgan fingerprint density at radius 1 is 1.16 bits per heavy atom. The summed E-state index contributed by atoms with van der Waals surface area (Å²) in [5, 5.41) is 2.57. The summed E-state index contributed by atoms with van der Waals surface area (Å²) in [6.45, 7) is 3.09. The number of amides is 1. The number of piperazine rings is 1. The third-order valence-electron chi connectivity index (χ3n) is 4.06. The molecule has 7 nitrogen and oxygen atoms in total. The molecular weight excluding hydrogens is 362 g/mol. The Morgan fingerprint density at radius 3 is 2.32 bits per heavy atom. The maximum Gasteiger partial charge on any atom is 0.273 e. The second-order valence-corrected chi connectivity index (χ2v) is 8.62. The standard InChI is InChI=1S/C16H19N3O4S2/c1-12-17-15(11-24-12)16(20)18-7-9-19(10-8-18)25(21,22)14-5-3-13(23-2)4-6-14/h3-6,11H,7-10H2,1-2H3. The SMILES string of the molecule is COc1ccc(S(=O)(=O)N2CCN(C(=O)c3csc(C)n3)CC2)cc1. The smallest absolute Gasteiger partial charge is 0.273 e. The van der Waals surface area contributed by atoms with Crippen LogP contribution in [-0.2, 0) is 10.0 Å². The van der Waals surface area contributed by atoms with E-state index < -0.39 is 10.0 Å². The van der Waals surface area contributed by atoms with Crippen LogP contribution in [0.1, 0.15) is 15.5 Å². The number of carbonyl (C=O) groups excluding carboxylic acids is 1. The number of benzene rings is 1. The first-order chi connectivity index (χ1) is 11.9. The van der Waals surface area contributed by atoms with Crippen molar-refractivity contribution in [3.63, 3.8) is 0 Å². The molecule has 1 aromatic heterocycles. The number of hydrogen-bond acceptors (Lipinski definition) is 6. The molecule has 2 aromatic rings. The highest BCUT2D eigenvalue weighted by Crippen LogP contribution is 2.21. The summed E-state index contributed by atoms with van der Waals surface area (Å²) in [4.78, 5) is 18.5. The lowest BCUT2D eigenvalue weighted by molar-refractivity contribution is 0.0692. The van der Waals surface area contributed by atoms with Crippen LogP contribution in [0.15, 0.2) is 34.5 Å². The van der Waals surface area contributed by atoms with E-state index in [0.29, 0.717) is 24.5 Å². The van der Waals surface area contributed by atoms with Gasteiger partial charge < -0.3 is 9.64 Å². The van der Waals surface area contributed by atoms with Crippen molar-refractivity contribution in [2.24, 2.45) is 0 Å². The predicted molar refractivity (Wildman–Crippen MR) is 94.5 cm³/mol. The first-order valence-electron chi connectivity index (χ1n) is 7.77. The third-order valence-corrected chi connectivity index (χ3v) is 6.75. The minimum Gasteiger partial charge on any atom is -0.497 e. The van der Waals surface area contributed by atoms with E-state index in [-0.39, 0.29) is 23.9 Å². The molecule has 3 rings (SSSR count). The molecule has 25 heavy (non-hydrogen) atoms. The number of carbonyl (C=O) groups is 1. The van der Waals surface area contributed by atoms with Crippen molar-refractivity contribution in [2.45, 2.75) is 11.8 Å². The molecule has 1 fully saturated rings. The Bertz CT molecular complexity index is 854. The minimum atomic E-state index is -3.57. The summed E-state index contributed by atoms with van der Waals surface area (Å²) in [5.41, 5.74) is 0.425. The predicted octanol–water partition coefficient (Wildman–Crippen LogP) is 1.61. The second-order valence-electron chi connectivity index (χ2n) is 5.62. The molecule has 0 radical (unpaired) electrons. The number of methoxy groups -OCH3 is 1. The molecule has 0 unspecified atom stereocenters. The summed E-state index contributed by atoms with van der Waals surface area (Å²) in [6, 6.07) is 6.31. The van der Waals surface area contributed by atoms with E-state index in [1.165, 1.54) is 34.9 Å². The van der Waals surface area contributed by atoms with Crippen LogP contribution in [0.4, 0.5) is 0 Å². The summed E-state index contributed by atoms with van der Waals surface area (Å²) < 4.78 is 31.9. The van der Waals surface area contributed by atoms with Gasteiger partial charge in [0.15, 0.2) is 0 Å². The number of aromatic nitrogens is 1. The summed E-state index contributed by atoms with van der Waals surface area (Å²) in [7, 11) is -2.04. The Morgan fingerprint density at radius 2 is 1.80 bits per heavy atom. The molecule has 0 saturated carbocycles. The average Bonchev–Trinajstić information content (AvgIpc) is 3.07. The largest absolute Gasteiger partial charge is 0.497 e. The van der Waals surface area contributed by atoms with Gasteiger partial charge in [0.1, 0.15) is 11.4 Å². The van der Waals surface area contributed by atoms with Crippen molar-refractivity contribution in [2.75, 3.05) is 33.3 Å². The van der Waals surface area contributed by atoms with E-state index >= 15 is 0 Å². The van der Waals surface area contributed by atoms with Crippen molar-refractivity contribution in [3.05, 3.63) is 40.3 Å². The van der Waals surface area contributed by atoms with E-state index in [1.807, 2.05) is 6.92 Å². The van der Waals surface area contributed by atoms with Crippen LogP contribution in [0.5, 0.6) is 5.75 Å². The molecule has 0 atom stereocenters. The molecule has 9 heteroatoms. The zero-order valence-electron chi connectivity index (χ0n) is 14.0. The summed E-state index contributed by atoms with van der Waals surface area (Å²) in [5.74, 6) is 0.457. The van der Waals surface area contributed by atoms with Gasteiger partial charge in [-0.15, -0.1) is 11.3 Å². The lowest BCUT2D eigenvalue weighted by atomic mass is 10.3. The van der Waals surface area contributed by atoms with Crippen LogP contribution in [0, 0.1) is 6.92 Å². The van der Waals surface area contributed by atoms with Gasteiger partial charge in [0.05, 0.1) is 17.0 Å². The van der Waals surface area contributed by atoms with E-state index in [2.05, 4.69) is 4.98 Å². The fourth-order valence-electron chi connectivity index (χ4n) is 2.65. The molecule has 0 spiro atoms. The molecule has 1 saturated heterocycles. The number of nitrogens with zero attached hydrogens (tertiary/aromatic N) is 3. The first-order valence-corrected chi connectivity index (χ1v) is 10.1. The molecule has 0 N–H and O–H groups in total. The Balaban J connectivity index is 1.67. The van der Waals surface area contributed by atoms with Gasteiger partial charge in [0, 0.05) is 31.6 Å². The van der Waals surface area contributed by atoms with Gasteiger partial charge in [0.2, 0.25) is 10.0 Å². The van der Waals surface area contributed by atoms with E-state index in [4.69, 9.17) is 4.74 Å². The number of hydrogen-bond donors (Lipinski definition) is 0. The van der Waals surface area contributed by atoms with E-state index in [0.717, 1.165) is 5.01 Å². The van der Waals surface area contributed by atoms with Crippen LogP contribution in [0.3, 0.4) is 0 Å². The molecule has 0 aliphatic carbocycles. The highest BCUT2D eigenvalue weighted by atomic mass is 32.2. The van der Waals surface area contributed by atoms with Gasteiger partial charge in [-0.3, -0.25) is 4.79 Å². The molecule has 134 valence electrons. The van der Waals surface area contributed by atoms with Crippen molar-refractivity contribution in [3.8, 4) is 5.75 Å². The van der Waals surface area contributed by atoms with Gasteiger partial charge in [-0.25, -0.2) is 13.4 Å². The van der Waals surface area contributed by atoms with Gasteiger partial charge in [0.25, 0.3) is 5.91 Å². The minimum absolute atomic E-state index is 0.147. The van der Waals surface area contributed by atoms with Crippen molar-refractivity contribution in [1.82, 2.24) is 14.2 Å². The number of ether oxygens (including phenoxy) is 1. The molecule has 1 aliphatic rings. The monoisotopic (exact) mass is 381 g/mol. The fraction of sp³-hybridized carbons (Fsp3) is 0.375. The third kappa shape index (κ3) is 3.68. The summed E-state index contributed by atoms with van der Waals surface area (Å²) in [6.07, 6.45) is 0. The molecule has 1 aromatic carbocycles. The molecular formula is C16H19N3O4S2. The van der Waals surface area contributed by atoms with Crippen molar-refractivity contribution in [1.29, 1.82) is 0 Å². The number of sulfonamides is 1. The first kappa shape index (κ1) is 17.8. The van der Waals surface area contributed by atoms with Crippen LogP contribution < -0.4 is 4.74 Å². The molecule has 1 aliphatic heterocycles. The zero-order valence-corrected chi connectivity index (χ0v) is 15.6. The Kier molecular flexibility index (Phi) is 5.07. The molecule has 1 amide bonds. The Labute approximate surface area is 150 Å². The maximum atomic E-state index is 12.7. The van der Waals surface area contributed by atoms with Crippen molar-refractivity contribution >= 4 is 27.3 Å². The summed E-state index contributed by atoms with van der Waals surface area (Å²) >= 11 is 1.43. The van der Waals surface area contributed by atoms with Crippen molar-refractivity contribution < 1.29 is 17.9 Å². The van der Waals surface area contributed by atoms with Gasteiger partial charge in [-0.2, -0.15) is 4.31 Å². The fourth-order valence-corrected chi connectivity index (χ4v) is 4.66. The van der Waals surface area contributed by atoms with Crippen LogP contribution in [0.25, 0.3) is 0 Å². The lowest BCUT2D eigenvalue weighted by Crippen LogP contribution is -2.50. The topological polar surface area (TPSA) is 79.8 Å². The maximum absolute atomic E-state index is 12.7. The van der Waals surface area contributed by atoms with Gasteiger partial charge in [-0.05, 0) is 31.2 Å². The molecule has 0 bridgehead atoms. The van der Waals surface area contributed by atoms with Gasteiger partial charge >= 0.3 is 0 Å². The normalized spacial score (nSPS) is 16.0. The highest BCUT2D eigenvalue weighted by Gasteiger charge is 2.31. The van der Waals surface area contributed by atoms with Gasteiger partial charge in [-0.1, -0.05) is 0 Å². The van der Waals surface area contributed by atoms with E-state index in [1.54, 1.807) is 22.4 Å². The number of thiazole rings is 1. The quantitative estimate of drug-likeness (QED) is 0.804. The zero-order chi connectivity index (χ0) is 18.0. The highest BCUT2D eigenvalue weighted by molar-refractivity contribution is 7.89. The molecule has 2 heterocycles. The van der Waals surface area contributed by atoms with Crippen LogP contribution in [-0.4, -0.2) is 61.8 Å². The van der Waals surface area contributed by atoms with E-state index in [9.17, 15) is 13.2 Å². The second kappa shape index (κ2) is 7.11. The van der Waals surface area contributed by atoms with Crippen LogP contribution in [0.2, 0.25) is 0 Å². The number of aryl methyl sites for hydroxylation is 1. The van der Waals surface area contributed by atoms with Crippen LogP contribution >= 0.6 is 11.3 Å². The lowest BCUT2D eigenvalue weighted by Gasteiger charge is -2.33. The Hall–Kier alpha value is -1.97. The number of rotatable bonds is 4. The average molecular weight is 381 g/mol.